The van der Waals surface area contributed by atoms with Crippen molar-refractivity contribution in [1.29, 1.82) is 0 Å². The lowest BCUT2D eigenvalue weighted by Gasteiger charge is -2.25. The fourth-order valence-electron chi connectivity index (χ4n) is 4.23. The van der Waals surface area contributed by atoms with Gasteiger partial charge in [0.25, 0.3) is 5.91 Å². The molecule has 0 aromatic heterocycles. The summed E-state index contributed by atoms with van der Waals surface area (Å²) in [4.78, 5) is 54.7. The lowest BCUT2D eigenvalue weighted by atomic mass is 10.0. The second-order valence-electron chi connectivity index (χ2n) is 10.2. The van der Waals surface area contributed by atoms with E-state index >= 15 is 0 Å². The van der Waals surface area contributed by atoms with Crippen molar-refractivity contribution in [3.05, 3.63) is 59.7 Å². The van der Waals surface area contributed by atoms with Crippen molar-refractivity contribution in [1.82, 2.24) is 26.2 Å². The number of ether oxygens (including phenoxy) is 1. The molecule has 3 rings (SSSR count). The van der Waals surface area contributed by atoms with Crippen molar-refractivity contribution in [3.8, 4) is 11.5 Å². The second-order valence-corrected chi connectivity index (χ2v) is 10.2. The normalized spacial score (nSPS) is 20.3. The van der Waals surface area contributed by atoms with Crippen LogP contribution in [0.15, 0.2) is 48.5 Å². The first-order valence-corrected chi connectivity index (χ1v) is 13.4. The summed E-state index contributed by atoms with van der Waals surface area (Å²) in [5.41, 5.74) is 0.935. The van der Waals surface area contributed by atoms with Crippen LogP contribution in [-0.2, 0) is 20.8 Å². The van der Waals surface area contributed by atoms with E-state index in [4.69, 9.17) is 4.74 Å². The Morgan fingerprint density at radius 3 is 2.48 bits per heavy atom. The van der Waals surface area contributed by atoms with Crippen LogP contribution in [0.5, 0.6) is 11.5 Å². The van der Waals surface area contributed by atoms with E-state index < -0.39 is 41.8 Å². The van der Waals surface area contributed by atoms with Crippen molar-refractivity contribution < 1.29 is 29.0 Å². The van der Waals surface area contributed by atoms with Crippen molar-refractivity contribution in [2.75, 3.05) is 33.8 Å². The van der Waals surface area contributed by atoms with Crippen LogP contribution in [0, 0.1) is 0 Å². The number of carbonyl (C=O) groups excluding carboxylic acids is 4. The Hall–Kier alpha value is -4.12. The van der Waals surface area contributed by atoms with Crippen molar-refractivity contribution >= 4 is 23.6 Å². The minimum absolute atomic E-state index is 0.0762. The molecule has 0 radical (unpaired) electrons. The summed E-state index contributed by atoms with van der Waals surface area (Å²) in [5.74, 6) is -1.65. The highest BCUT2D eigenvalue weighted by atomic mass is 16.5. The van der Waals surface area contributed by atoms with Gasteiger partial charge in [0.15, 0.2) is 0 Å². The van der Waals surface area contributed by atoms with Crippen molar-refractivity contribution in [2.24, 2.45) is 0 Å². The number of amides is 4. The molecule has 5 N–H and O–H groups in total. The molecule has 0 spiro atoms. The van der Waals surface area contributed by atoms with Crippen LogP contribution in [0.1, 0.15) is 42.1 Å². The molecule has 2 aromatic carbocycles. The van der Waals surface area contributed by atoms with Crippen LogP contribution in [0.3, 0.4) is 0 Å². The molecule has 1 aliphatic rings. The molecular formula is C29H39N5O6. The lowest BCUT2D eigenvalue weighted by Crippen LogP contribution is -2.54. The first-order valence-electron chi connectivity index (χ1n) is 13.4. The van der Waals surface area contributed by atoms with Crippen LogP contribution < -0.4 is 26.0 Å². The Morgan fingerprint density at radius 1 is 1.02 bits per heavy atom. The highest BCUT2D eigenvalue weighted by Gasteiger charge is 2.29. The number of phenolic OH excluding ortho intramolecular Hbond substituents is 1. The van der Waals surface area contributed by atoms with Gasteiger partial charge in [0, 0.05) is 13.0 Å². The van der Waals surface area contributed by atoms with Crippen LogP contribution >= 0.6 is 0 Å². The molecule has 11 heteroatoms. The monoisotopic (exact) mass is 553 g/mol. The number of nitrogens with one attached hydrogen (secondary N) is 4. The van der Waals surface area contributed by atoms with Crippen LogP contribution in [-0.4, -0.2) is 85.6 Å². The van der Waals surface area contributed by atoms with E-state index in [0.29, 0.717) is 12.3 Å². The summed E-state index contributed by atoms with van der Waals surface area (Å²) in [6.07, 6.45) is 1.40. The SMILES string of the molecule is C[C@@H]1COc2ccccc2C(=O)N[C@H](C(=O)NCCCCN(C)C)CC(=O)N[C@@H](Cc2ccc(O)cc2)C(=O)N1. The molecular weight excluding hydrogens is 514 g/mol. The summed E-state index contributed by atoms with van der Waals surface area (Å²) in [5, 5.41) is 20.7. The Morgan fingerprint density at radius 2 is 1.75 bits per heavy atom. The second kappa shape index (κ2) is 14.9. The van der Waals surface area contributed by atoms with E-state index in [1.54, 1.807) is 43.3 Å². The van der Waals surface area contributed by atoms with Gasteiger partial charge >= 0.3 is 0 Å². The van der Waals surface area contributed by atoms with E-state index in [1.807, 2.05) is 14.1 Å². The molecule has 0 aliphatic carbocycles. The van der Waals surface area contributed by atoms with Gasteiger partial charge in [-0.05, 0) is 70.2 Å². The number of unbranched alkanes of at least 4 members (excludes halogenated alkanes) is 1. The van der Waals surface area contributed by atoms with Gasteiger partial charge in [-0.2, -0.15) is 0 Å². The minimum atomic E-state index is -1.17. The smallest absolute Gasteiger partial charge is 0.255 e. The highest BCUT2D eigenvalue weighted by molar-refractivity contribution is 6.01. The summed E-state index contributed by atoms with van der Waals surface area (Å²) in [7, 11) is 3.94. The fourth-order valence-corrected chi connectivity index (χ4v) is 4.23. The van der Waals surface area contributed by atoms with Gasteiger partial charge in [0.05, 0.1) is 18.0 Å². The topological polar surface area (TPSA) is 149 Å². The first-order chi connectivity index (χ1) is 19.1. The third kappa shape index (κ3) is 9.57. The average molecular weight is 554 g/mol. The number of benzene rings is 2. The van der Waals surface area contributed by atoms with E-state index in [2.05, 4.69) is 26.2 Å². The maximum atomic E-state index is 13.2. The number of fused-ring (bicyclic) bond motifs is 1. The molecule has 216 valence electrons. The number of hydrogen-bond donors (Lipinski definition) is 5. The van der Waals surface area contributed by atoms with E-state index in [9.17, 15) is 24.3 Å². The molecule has 11 nitrogen and oxygen atoms in total. The Labute approximate surface area is 234 Å². The molecule has 3 atom stereocenters. The quantitative estimate of drug-likeness (QED) is 0.306. The van der Waals surface area contributed by atoms with Gasteiger partial charge in [-0.1, -0.05) is 24.3 Å². The Balaban J connectivity index is 1.82. The molecule has 4 amide bonds. The largest absolute Gasteiger partial charge is 0.508 e. The first kappa shape index (κ1) is 30.4. The van der Waals surface area contributed by atoms with Gasteiger partial charge in [-0.3, -0.25) is 19.2 Å². The van der Waals surface area contributed by atoms with Crippen molar-refractivity contribution in [2.45, 2.75) is 50.7 Å². The molecule has 0 bridgehead atoms. The average Bonchev–Trinajstić information content (AvgIpc) is 2.91. The van der Waals surface area contributed by atoms with Gasteiger partial charge in [-0.15, -0.1) is 0 Å². The number of hydrogen-bond acceptors (Lipinski definition) is 7. The summed E-state index contributed by atoms with van der Waals surface area (Å²) in [6, 6.07) is 10.4. The molecule has 0 saturated carbocycles. The molecule has 40 heavy (non-hydrogen) atoms. The standard InChI is InChI=1S/C29H39N5O6/c1-19-18-40-25-9-5-4-8-22(25)27(37)33-24(28(38)30-14-6-7-15-34(2)3)17-26(36)32-23(29(39)31-19)16-20-10-12-21(35)13-11-20/h4-5,8-13,19,23-24,35H,6-7,14-18H2,1-3H3,(H,30,38)(H,31,39)(H,32,36)(H,33,37)/t19-,23+,24+/m1/s1. The van der Waals surface area contributed by atoms with Crippen LogP contribution in [0.4, 0.5) is 0 Å². The van der Waals surface area contributed by atoms with Gasteiger partial charge in [0.1, 0.15) is 30.2 Å². The fraction of sp³-hybridized carbons (Fsp3) is 0.448. The molecule has 2 aromatic rings. The predicted octanol–water partition coefficient (Wildman–Crippen LogP) is 0.963. The van der Waals surface area contributed by atoms with Gasteiger partial charge in [-0.25, -0.2) is 0 Å². The van der Waals surface area contributed by atoms with Gasteiger partial charge < -0.3 is 36.0 Å². The number of phenols is 1. The predicted molar refractivity (Wildman–Crippen MR) is 150 cm³/mol. The third-order valence-electron chi connectivity index (χ3n) is 6.38. The van der Waals surface area contributed by atoms with Gasteiger partial charge in [0.2, 0.25) is 17.7 Å². The summed E-state index contributed by atoms with van der Waals surface area (Å²) in [6.45, 7) is 3.10. The highest BCUT2D eigenvalue weighted by Crippen LogP contribution is 2.19. The van der Waals surface area contributed by atoms with E-state index in [0.717, 1.165) is 24.9 Å². The maximum Gasteiger partial charge on any atom is 0.255 e. The molecule has 0 saturated heterocycles. The zero-order chi connectivity index (χ0) is 29.1. The molecule has 0 fully saturated rings. The zero-order valence-electron chi connectivity index (χ0n) is 23.2. The number of rotatable bonds is 8. The number of aromatic hydroxyl groups is 1. The summed E-state index contributed by atoms with van der Waals surface area (Å²) >= 11 is 0. The maximum absolute atomic E-state index is 13.2. The minimum Gasteiger partial charge on any atom is -0.508 e. The Kier molecular flexibility index (Phi) is 11.3. The summed E-state index contributed by atoms with van der Waals surface area (Å²) < 4.78 is 5.86. The zero-order valence-corrected chi connectivity index (χ0v) is 23.2. The Bertz CT molecular complexity index is 1170. The lowest BCUT2D eigenvalue weighted by molar-refractivity contribution is -0.131. The van der Waals surface area contributed by atoms with E-state index in [-0.39, 0.29) is 30.8 Å². The third-order valence-corrected chi connectivity index (χ3v) is 6.38. The molecule has 1 heterocycles. The number of nitrogens with zero attached hydrogens (tertiary/aromatic N) is 1. The number of para-hydroxylation sites is 1. The van der Waals surface area contributed by atoms with E-state index in [1.165, 1.54) is 12.1 Å². The van der Waals surface area contributed by atoms with Crippen molar-refractivity contribution in [3.63, 3.8) is 0 Å². The van der Waals surface area contributed by atoms with Crippen LogP contribution in [0.2, 0.25) is 0 Å². The molecule has 0 unspecified atom stereocenters. The van der Waals surface area contributed by atoms with Crippen LogP contribution in [0.25, 0.3) is 0 Å². The molecule has 1 aliphatic heterocycles. The number of carbonyl (C=O) groups is 4.